The second kappa shape index (κ2) is 8.31. The molecule has 28 heavy (non-hydrogen) atoms. The van der Waals surface area contributed by atoms with E-state index in [1.54, 1.807) is 0 Å². The molecule has 2 aromatic heterocycles. The van der Waals surface area contributed by atoms with E-state index in [-0.39, 0.29) is 0 Å². The second-order valence-electron chi connectivity index (χ2n) is 7.97. The maximum atomic E-state index is 4.86. The van der Waals surface area contributed by atoms with Crippen LogP contribution < -0.4 is 0 Å². The molecule has 0 saturated carbocycles. The van der Waals surface area contributed by atoms with Gasteiger partial charge < -0.3 is 9.47 Å². The number of piperidine rings is 1. The average Bonchev–Trinajstić information content (AvgIpc) is 3.26. The normalized spacial score (nSPS) is 15.2. The lowest BCUT2D eigenvalue weighted by Crippen LogP contribution is -2.31. The Hall–Kier alpha value is -2.40. The summed E-state index contributed by atoms with van der Waals surface area (Å²) in [4.78, 5) is 7.06. The number of para-hydroxylation sites is 1. The van der Waals surface area contributed by atoms with E-state index >= 15 is 0 Å². The summed E-state index contributed by atoms with van der Waals surface area (Å²) in [5.41, 5.74) is 6.98. The number of aromatic nitrogens is 4. The first-order chi connectivity index (χ1) is 13.6. The highest BCUT2D eigenvalue weighted by molar-refractivity contribution is 5.66. The molecule has 3 heterocycles. The topological polar surface area (TPSA) is 38.9 Å². The summed E-state index contributed by atoms with van der Waals surface area (Å²) in [6.45, 7) is 11.1. The molecule has 0 amide bonds. The Bertz CT molecular complexity index is 930. The minimum absolute atomic E-state index is 1.00. The number of rotatable bonds is 6. The Morgan fingerprint density at radius 2 is 1.75 bits per heavy atom. The quantitative estimate of drug-likeness (QED) is 0.633. The zero-order valence-electron chi connectivity index (χ0n) is 17.4. The van der Waals surface area contributed by atoms with E-state index < -0.39 is 0 Å². The van der Waals surface area contributed by atoms with Crippen molar-refractivity contribution in [3.8, 4) is 16.9 Å². The molecule has 1 fully saturated rings. The van der Waals surface area contributed by atoms with Crippen LogP contribution in [-0.4, -0.2) is 43.9 Å². The van der Waals surface area contributed by atoms with Crippen molar-refractivity contribution in [1.82, 2.24) is 24.2 Å². The Balaban J connectivity index is 1.55. The number of nitrogens with zero attached hydrogens (tertiary/aromatic N) is 5. The van der Waals surface area contributed by atoms with Crippen LogP contribution in [-0.2, 0) is 6.54 Å². The predicted octanol–water partition coefficient (Wildman–Crippen LogP) is 4.54. The molecule has 1 aliphatic heterocycles. The van der Waals surface area contributed by atoms with Crippen LogP contribution in [0.1, 0.15) is 42.6 Å². The standard InChI is InChI=1S/C23H31N5/c1-18-10-5-6-11-21(18)28-20(3)23(19(2)25-28)22-16-24-17-27(22)15-9-14-26-12-7-4-8-13-26/h5-6,10-11,16-17H,4,7-9,12-15H2,1-3H3. The van der Waals surface area contributed by atoms with Gasteiger partial charge in [-0.2, -0.15) is 5.10 Å². The predicted molar refractivity (Wildman–Crippen MR) is 114 cm³/mol. The van der Waals surface area contributed by atoms with Crippen LogP contribution in [0.15, 0.2) is 36.8 Å². The molecule has 1 saturated heterocycles. The molecule has 5 nitrogen and oxygen atoms in total. The first-order valence-electron chi connectivity index (χ1n) is 10.5. The molecule has 0 spiro atoms. The lowest BCUT2D eigenvalue weighted by Gasteiger charge is -2.26. The molecule has 0 atom stereocenters. The molecule has 0 aliphatic carbocycles. The minimum Gasteiger partial charge on any atom is -0.330 e. The van der Waals surface area contributed by atoms with Crippen molar-refractivity contribution in [3.63, 3.8) is 0 Å². The molecule has 1 aromatic carbocycles. The number of aryl methyl sites for hydroxylation is 3. The van der Waals surface area contributed by atoms with E-state index in [1.807, 2.05) is 12.5 Å². The molecule has 3 aromatic rings. The molecule has 4 rings (SSSR count). The summed E-state index contributed by atoms with van der Waals surface area (Å²) < 4.78 is 4.37. The fraction of sp³-hybridized carbons (Fsp3) is 0.478. The largest absolute Gasteiger partial charge is 0.330 e. The lowest BCUT2D eigenvalue weighted by molar-refractivity contribution is 0.223. The second-order valence-corrected chi connectivity index (χ2v) is 7.97. The summed E-state index contributed by atoms with van der Waals surface area (Å²) in [5, 5.41) is 4.86. The van der Waals surface area contributed by atoms with Crippen LogP contribution in [0, 0.1) is 20.8 Å². The Morgan fingerprint density at radius 1 is 0.964 bits per heavy atom. The SMILES string of the molecule is Cc1ccccc1-n1nc(C)c(-c2cncn2CCCN2CCCCC2)c1C. The zero-order valence-corrected chi connectivity index (χ0v) is 17.4. The van der Waals surface area contributed by atoms with Crippen LogP contribution in [0.4, 0.5) is 0 Å². The van der Waals surface area contributed by atoms with E-state index in [9.17, 15) is 0 Å². The number of hydrogen-bond acceptors (Lipinski definition) is 3. The van der Waals surface area contributed by atoms with Crippen LogP contribution in [0.25, 0.3) is 16.9 Å². The van der Waals surface area contributed by atoms with Crippen LogP contribution in [0.3, 0.4) is 0 Å². The van der Waals surface area contributed by atoms with Crippen molar-refractivity contribution in [1.29, 1.82) is 0 Å². The molecule has 148 valence electrons. The van der Waals surface area contributed by atoms with Crippen LogP contribution in [0.5, 0.6) is 0 Å². The number of likely N-dealkylation sites (tertiary alicyclic amines) is 1. The third kappa shape index (κ3) is 3.76. The highest BCUT2D eigenvalue weighted by atomic mass is 15.3. The monoisotopic (exact) mass is 377 g/mol. The molecular formula is C23H31N5. The number of imidazole rings is 1. The van der Waals surface area contributed by atoms with Crippen molar-refractivity contribution in [3.05, 3.63) is 53.7 Å². The highest BCUT2D eigenvalue weighted by Crippen LogP contribution is 2.29. The number of benzene rings is 1. The first kappa shape index (κ1) is 18.9. The molecule has 1 aliphatic rings. The third-order valence-electron chi connectivity index (χ3n) is 5.93. The van der Waals surface area contributed by atoms with Gasteiger partial charge in [-0.15, -0.1) is 0 Å². The Labute approximate surface area is 168 Å². The van der Waals surface area contributed by atoms with Gasteiger partial charge in [0.25, 0.3) is 0 Å². The maximum Gasteiger partial charge on any atom is 0.0950 e. The molecule has 0 radical (unpaired) electrons. The summed E-state index contributed by atoms with van der Waals surface area (Å²) >= 11 is 0. The third-order valence-corrected chi connectivity index (χ3v) is 5.93. The Morgan fingerprint density at radius 3 is 2.54 bits per heavy atom. The van der Waals surface area contributed by atoms with E-state index in [4.69, 9.17) is 5.10 Å². The van der Waals surface area contributed by atoms with E-state index in [0.717, 1.165) is 24.3 Å². The Kier molecular flexibility index (Phi) is 5.62. The maximum absolute atomic E-state index is 4.86. The van der Waals surface area contributed by atoms with Crippen molar-refractivity contribution >= 4 is 0 Å². The van der Waals surface area contributed by atoms with Crippen LogP contribution in [0.2, 0.25) is 0 Å². The van der Waals surface area contributed by atoms with Crippen molar-refractivity contribution in [2.75, 3.05) is 19.6 Å². The number of hydrogen-bond donors (Lipinski definition) is 0. The molecule has 0 unspecified atom stereocenters. The molecule has 5 heteroatoms. The van der Waals surface area contributed by atoms with E-state index in [2.05, 4.69) is 64.2 Å². The van der Waals surface area contributed by atoms with E-state index in [1.165, 1.54) is 61.4 Å². The molecule has 0 bridgehead atoms. The summed E-state index contributed by atoms with van der Waals surface area (Å²) in [6, 6.07) is 8.41. The summed E-state index contributed by atoms with van der Waals surface area (Å²) in [6.07, 6.45) is 9.22. The minimum atomic E-state index is 1.00. The fourth-order valence-electron chi connectivity index (χ4n) is 4.40. The van der Waals surface area contributed by atoms with Gasteiger partial charge in [-0.1, -0.05) is 24.6 Å². The fourth-order valence-corrected chi connectivity index (χ4v) is 4.40. The van der Waals surface area contributed by atoms with Crippen LogP contribution >= 0.6 is 0 Å². The van der Waals surface area contributed by atoms with Gasteiger partial charge in [0, 0.05) is 12.1 Å². The average molecular weight is 378 g/mol. The van der Waals surface area contributed by atoms with Gasteiger partial charge in [-0.3, -0.25) is 0 Å². The lowest BCUT2D eigenvalue weighted by atomic mass is 10.1. The highest BCUT2D eigenvalue weighted by Gasteiger charge is 2.18. The van der Waals surface area contributed by atoms with Crippen molar-refractivity contribution < 1.29 is 0 Å². The van der Waals surface area contributed by atoms with Gasteiger partial charge in [0.1, 0.15) is 0 Å². The van der Waals surface area contributed by atoms with Crippen molar-refractivity contribution in [2.45, 2.75) is 53.0 Å². The first-order valence-corrected chi connectivity index (χ1v) is 10.5. The summed E-state index contributed by atoms with van der Waals surface area (Å²) in [7, 11) is 0. The smallest absolute Gasteiger partial charge is 0.0950 e. The van der Waals surface area contributed by atoms with Gasteiger partial charge in [-0.25, -0.2) is 9.67 Å². The molecular weight excluding hydrogens is 346 g/mol. The van der Waals surface area contributed by atoms with Gasteiger partial charge in [0.05, 0.1) is 35.3 Å². The molecule has 0 N–H and O–H groups in total. The zero-order chi connectivity index (χ0) is 19.5. The van der Waals surface area contributed by atoms with Gasteiger partial charge in [0.15, 0.2) is 0 Å². The van der Waals surface area contributed by atoms with Gasteiger partial charge in [-0.05, 0) is 71.3 Å². The van der Waals surface area contributed by atoms with E-state index in [0.29, 0.717) is 0 Å². The van der Waals surface area contributed by atoms with Gasteiger partial charge >= 0.3 is 0 Å². The van der Waals surface area contributed by atoms with Gasteiger partial charge in [0.2, 0.25) is 0 Å². The van der Waals surface area contributed by atoms with Crippen molar-refractivity contribution in [2.24, 2.45) is 0 Å². The summed E-state index contributed by atoms with van der Waals surface area (Å²) in [5.74, 6) is 0.